The summed E-state index contributed by atoms with van der Waals surface area (Å²) in [6.45, 7) is 6.23. The van der Waals surface area contributed by atoms with E-state index in [9.17, 15) is 9.59 Å². The maximum absolute atomic E-state index is 11.9. The van der Waals surface area contributed by atoms with E-state index in [1.807, 2.05) is 20.8 Å². The van der Waals surface area contributed by atoms with Crippen molar-refractivity contribution in [2.45, 2.75) is 45.7 Å². The van der Waals surface area contributed by atoms with Crippen molar-refractivity contribution in [3.63, 3.8) is 0 Å². The van der Waals surface area contributed by atoms with Gasteiger partial charge in [-0.3, -0.25) is 9.59 Å². The minimum Gasteiger partial charge on any atom is -0.394 e. The first-order valence-corrected chi connectivity index (χ1v) is 6.20. The maximum Gasteiger partial charge on any atom is 0.225 e. The predicted octanol–water partition coefficient (Wildman–Crippen LogP) is 0.130. The van der Waals surface area contributed by atoms with Gasteiger partial charge in [0.05, 0.1) is 18.6 Å². The zero-order valence-corrected chi connectivity index (χ0v) is 10.8. The van der Waals surface area contributed by atoms with Crippen molar-refractivity contribution in [2.75, 3.05) is 13.2 Å². The topological polar surface area (TPSA) is 69.6 Å². The molecule has 1 saturated heterocycles. The fourth-order valence-corrected chi connectivity index (χ4v) is 2.00. The first-order valence-electron chi connectivity index (χ1n) is 6.20. The van der Waals surface area contributed by atoms with E-state index in [0.717, 1.165) is 0 Å². The molecule has 1 heterocycles. The third-order valence-corrected chi connectivity index (χ3v) is 3.21. The molecule has 98 valence electrons. The van der Waals surface area contributed by atoms with E-state index in [-0.39, 0.29) is 42.8 Å². The second-order valence-electron chi connectivity index (χ2n) is 4.84. The van der Waals surface area contributed by atoms with Gasteiger partial charge in [-0.1, -0.05) is 6.92 Å². The number of nitrogens with one attached hydrogen (secondary N) is 1. The van der Waals surface area contributed by atoms with Crippen LogP contribution in [0, 0.1) is 5.92 Å². The fraction of sp³-hybridized carbons (Fsp3) is 0.833. The average Bonchev–Trinajstić information content (AvgIpc) is 2.68. The van der Waals surface area contributed by atoms with E-state index in [0.29, 0.717) is 13.0 Å². The number of aliphatic hydroxyl groups is 1. The Morgan fingerprint density at radius 2 is 2.24 bits per heavy atom. The summed E-state index contributed by atoms with van der Waals surface area (Å²) in [5.41, 5.74) is 0. The van der Waals surface area contributed by atoms with E-state index in [1.54, 1.807) is 4.90 Å². The van der Waals surface area contributed by atoms with E-state index in [4.69, 9.17) is 5.11 Å². The van der Waals surface area contributed by atoms with Crippen molar-refractivity contribution in [3.05, 3.63) is 0 Å². The molecular weight excluding hydrogens is 220 g/mol. The second-order valence-corrected chi connectivity index (χ2v) is 4.84. The molecule has 2 unspecified atom stereocenters. The van der Waals surface area contributed by atoms with Crippen LogP contribution < -0.4 is 5.32 Å². The number of aliphatic hydroxyl groups excluding tert-OH is 1. The first-order chi connectivity index (χ1) is 7.99. The largest absolute Gasteiger partial charge is 0.394 e. The number of amides is 2. The molecule has 0 radical (unpaired) electrons. The van der Waals surface area contributed by atoms with Gasteiger partial charge < -0.3 is 15.3 Å². The molecular formula is C12H22N2O3. The lowest BCUT2D eigenvalue weighted by atomic mass is 10.1. The zero-order valence-electron chi connectivity index (χ0n) is 10.8. The second kappa shape index (κ2) is 6.00. The van der Waals surface area contributed by atoms with Crippen molar-refractivity contribution >= 4 is 11.8 Å². The number of nitrogens with zero attached hydrogens (tertiary/aromatic N) is 1. The lowest BCUT2D eigenvalue weighted by Gasteiger charge is -2.21. The summed E-state index contributed by atoms with van der Waals surface area (Å²) in [4.78, 5) is 25.3. The van der Waals surface area contributed by atoms with Gasteiger partial charge in [-0.15, -0.1) is 0 Å². The minimum atomic E-state index is -0.273. The van der Waals surface area contributed by atoms with Crippen molar-refractivity contribution in [1.29, 1.82) is 0 Å². The number of rotatable bonds is 5. The van der Waals surface area contributed by atoms with Crippen LogP contribution in [0.4, 0.5) is 0 Å². The van der Waals surface area contributed by atoms with Gasteiger partial charge in [0.1, 0.15) is 0 Å². The molecule has 0 aromatic carbocycles. The van der Waals surface area contributed by atoms with Gasteiger partial charge in [-0.25, -0.2) is 0 Å². The molecule has 0 aliphatic carbocycles. The highest BCUT2D eigenvalue weighted by Crippen LogP contribution is 2.20. The molecule has 0 saturated carbocycles. The summed E-state index contributed by atoms with van der Waals surface area (Å²) in [7, 11) is 0. The Morgan fingerprint density at radius 3 is 2.65 bits per heavy atom. The predicted molar refractivity (Wildman–Crippen MR) is 64.3 cm³/mol. The molecule has 1 rings (SSSR count). The van der Waals surface area contributed by atoms with Gasteiger partial charge >= 0.3 is 0 Å². The molecule has 0 aromatic heterocycles. The Bertz CT molecular complexity index is 287. The molecule has 1 aliphatic heterocycles. The lowest BCUT2D eigenvalue weighted by molar-refractivity contribution is -0.130. The van der Waals surface area contributed by atoms with Gasteiger partial charge in [-0.2, -0.15) is 0 Å². The van der Waals surface area contributed by atoms with Gasteiger partial charge in [0, 0.05) is 19.0 Å². The molecule has 2 amide bonds. The summed E-state index contributed by atoms with van der Waals surface area (Å²) in [5, 5.41) is 11.8. The smallest absolute Gasteiger partial charge is 0.225 e. The van der Waals surface area contributed by atoms with Crippen molar-refractivity contribution in [3.8, 4) is 0 Å². The average molecular weight is 242 g/mol. The summed E-state index contributed by atoms with van der Waals surface area (Å²) in [5.74, 6) is -0.356. The fourth-order valence-electron chi connectivity index (χ4n) is 2.00. The van der Waals surface area contributed by atoms with Crippen LogP contribution in [0.3, 0.4) is 0 Å². The third-order valence-electron chi connectivity index (χ3n) is 3.21. The van der Waals surface area contributed by atoms with E-state index >= 15 is 0 Å². The quantitative estimate of drug-likeness (QED) is 0.720. The Morgan fingerprint density at radius 1 is 1.59 bits per heavy atom. The highest BCUT2D eigenvalue weighted by Gasteiger charge is 2.35. The van der Waals surface area contributed by atoms with Crippen LogP contribution in [-0.4, -0.2) is 47.1 Å². The van der Waals surface area contributed by atoms with Crippen molar-refractivity contribution in [1.82, 2.24) is 10.2 Å². The third kappa shape index (κ3) is 3.43. The summed E-state index contributed by atoms with van der Waals surface area (Å²) >= 11 is 0. The summed E-state index contributed by atoms with van der Waals surface area (Å²) < 4.78 is 0. The number of carbonyl (C=O) groups is 2. The molecule has 1 fully saturated rings. The highest BCUT2D eigenvalue weighted by molar-refractivity contribution is 5.89. The highest BCUT2D eigenvalue weighted by atomic mass is 16.3. The first kappa shape index (κ1) is 14.0. The standard InChI is InChI=1S/C12H22N2O3/c1-4-10(7-15)13-12(17)9-5-11(16)14(6-9)8(2)3/h8-10,15H,4-7H2,1-3H3,(H,13,17). The monoisotopic (exact) mass is 242 g/mol. The van der Waals surface area contributed by atoms with Crippen LogP contribution in [0.1, 0.15) is 33.6 Å². The van der Waals surface area contributed by atoms with Crippen LogP contribution in [0.2, 0.25) is 0 Å². The molecule has 0 bridgehead atoms. The minimum absolute atomic E-state index is 0.0391. The van der Waals surface area contributed by atoms with Gasteiger partial charge in [0.15, 0.2) is 0 Å². The summed E-state index contributed by atoms with van der Waals surface area (Å²) in [6, 6.07) is -0.0641. The lowest BCUT2D eigenvalue weighted by Crippen LogP contribution is -2.41. The van der Waals surface area contributed by atoms with Gasteiger partial charge in [0.2, 0.25) is 11.8 Å². The Balaban J connectivity index is 2.52. The Labute approximate surface area is 102 Å². The molecule has 2 N–H and O–H groups in total. The van der Waals surface area contributed by atoms with Gasteiger partial charge in [0.25, 0.3) is 0 Å². The molecule has 5 nitrogen and oxygen atoms in total. The van der Waals surface area contributed by atoms with Crippen LogP contribution in [0.25, 0.3) is 0 Å². The van der Waals surface area contributed by atoms with E-state index in [1.165, 1.54) is 0 Å². The zero-order chi connectivity index (χ0) is 13.0. The van der Waals surface area contributed by atoms with Crippen LogP contribution in [0.15, 0.2) is 0 Å². The maximum atomic E-state index is 11.9. The molecule has 0 spiro atoms. The van der Waals surface area contributed by atoms with Crippen molar-refractivity contribution < 1.29 is 14.7 Å². The Hall–Kier alpha value is -1.10. The van der Waals surface area contributed by atoms with E-state index in [2.05, 4.69) is 5.32 Å². The molecule has 5 heteroatoms. The van der Waals surface area contributed by atoms with E-state index < -0.39 is 0 Å². The van der Waals surface area contributed by atoms with Crippen LogP contribution in [-0.2, 0) is 9.59 Å². The molecule has 1 aliphatic rings. The summed E-state index contributed by atoms with van der Waals surface area (Å²) in [6.07, 6.45) is 0.975. The van der Waals surface area contributed by atoms with Crippen molar-refractivity contribution in [2.24, 2.45) is 5.92 Å². The Kier molecular flexibility index (Phi) is 4.93. The molecule has 2 atom stereocenters. The molecule has 17 heavy (non-hydrogen) atoms. The van der Waals surface area contributed by atoms with Gasteiger partial charge in [-0.05, 0) is 20.3 Å². The molecule has 0 aromatic rings. The number of likely N-dealkylation sites (tertiary alicyclic amines) is 1. The van der Waals surface area contributed by atoms with Crippen LogP contribution in [0.5, 0.6) is 0 Å². The number of carbonyl (C=O) groups excluding carboxylic acids is 2. The normalized spacial score (nSPS) is 22.1. The number of hydrogen-bond donors (Lipinski definition) is 2. The SMILES string of the molecule is CCC(CO)NC(=O)C1CC(=O)N(C(C)C)C1. The number of hydrogen-bond acceptors (Lipinski definition) is 3. The van der Waals surface area contributed by atoms with Crippen LogP contribution >= 0.6 is 0 Å².